The highest BCUT2D eigenvalue weighted by Crippen LogP contribution is 2.12. The molecule has 7 N–H and O–H groups in total. The Hall–Kier alpha value is -2.79. The molecule has 0 bridgehead atoms. The third kappa shape index (κ3) is 11.0. The fraction of sp³-hybridized carbons (Fsp3) is 0.583. The summed E-state index contributed by atoms with van der Waals surface area (Å²) >= 11 is 4.13. The number of nitrogens with one attached hydrogen (secondary N) is 3. The first kappa shape index (κ1) is 30.2. The first-order chi connectivity index (χ1) is 16.3. The van der Waals surface area contributed by atoms with Gasteiger partial charge in [-0.2, -0.15) is 12.6 Å². The van der Waals surface area contributed by atoms with Crippen LogP contribution in [0.4, 0.5) is 0 Å². The van der Waals surface area contributed by atoms with Gasteiger partial charge in [0.2, 0.25) is 17.7 Å². The van der Waals surface area contributed by atoms with Crippen LogP contribution in [0.2, 0.25) is 0 Å². The van der Waals surface area contributed by atoms with Crippen molar-refractivity contribution in [2.24, 2.45) is 17.6 Å². The molecule has 4 unspecified atom stereocenters. The molecule has 11 heteroatoms. The molecule has 196 valence electrons. The normalized spacial score (nSPS) is 14.6. The number of rotatable bonds is 14. The number of nitrogens with two attached hydrogens (primary N) is 1. The molecule has 10 nitrogen and oxygen atoms in total. The van der Waals surface area contributed by atoms with Crippen molar-refractivity contribution >= 4 is 36.3 Å². The molecule has 0 fully saturated rings. The lowest BCUT2D eigenvalue weighted by atomic mass is 10.0. The molecule has 4 atom stereocenters. The molecule has 1 aromatic carbocycles. The predicted molar refractivity (Wildman–Crippen MR) is 136 cm³/mol. The summed E-state index contributed by atoms with van der Waals surface area (Å²) in [5.74, 6) is -2.83. The SMILES string of the molecule is CC(C)CC(NC(=O)C(CS)NC(=O)C(CC(C)C)NC(=O)C(N)Cc1ccc(O)cc1)C(=O)O. The average molecular weight is 511 g/mol. The highest BCUT2D eigenvalue weighted by molar-refractivity contribution is 7.80. The van der Waals surface area contributed by atoms with Crippen molar-refractivity contribution in [3.63, 3.8) is 0 Å². The van der Waals surface area contributed by atoms with Crippen molar-refractivity contribution in [2.75, 3.05) is 5.75 Å². The van der Waals surface area contributed by atoms with Gasteiger partial charge in [0.25, 0.3) is 0 Å². The van der Waals surface area contributed by atoms with E-state index >= 15 is 0 Å². The van der Waals surface area contributed by atoms with Gasteiger partial charge in [0.1, 0.15) is 23.9 Å². The average Bonchev–Trinajstić information content (AvgIpc) is 2.76. The van der Waals surface area contributed by atoms with Crippen LogP contribution in [0.25, 0.3) is 0 Å². The quantitative estimate of drug-likeness (QED) is 0.182. The van der Waals surface area contributed by atoms with Gasteiger partial charge < -0.3 is 31.9 Å². The first-order valence-electron chi connectivity index (χ1n) is 11.6. The lowest BCUT2D eigenvalue weighted by Gasteiger charge is -2.25. The third-order valence-electron chi connectivity index (χ3n) is 5.21. The molecule has 0 heterocycles. The van der Waals surface area contributed by atoms with E-state index in [1.165, 1.54) is 12.1 Å². The number of carboxylic acid groups (broad SMARTS) is 1. The van der Waals surface area contributed by atoms with Gasteiger partial charge in [-0.25, -0.2) is 4.79 Å². The lowest BCUT2D eigenvalue weighted by molar-refractivity contribution is -0.142. The minimum Gasteiger partial charge on any atom is -0.508 e. The summed E-state index contributed by atoms with van der Waals surface area (Å²) in [4.78, 5) is 49.8. The van der Waals surface area contributed by atoms with Crippen molar-refractivity contribution in [2.45, 2.75) is 71.1 Å². The first-order valence-corrected chi connectivity index (χ1v) is 12.3. The van der Waals surface area contributed by atoms with Gasteiger partial charge in [-0.05, 0) is 48.8 Å². The van der Waals surface area contributed by atoms with Gasteiger partial charge in [0.15, 0.2) is 0 Å². The van der Waals surface area contributed by atoms with Gasteiger partial charge in [-0.3, -0.25) is 14.4 Å². The van der Waals surface area contributed by atoms with E-state index in [4.69, 9.17) is 5.73 Å². The van der Waals surface area contributed by atoms with Crippen molar-refractivity contribution in [3.05, 3.63) is 29.8 Å². The van der Waals surface area contributed by atoms with Crippen LogP contribution in [0.5, 0.6) is 5.75 Å². The maximum absolute atomic E-state index is 13.0. The highest BCUT2D eigenvalue weighted by atomic mass is 32.1. The predicted octanol–water partition coefficient (Wildman–Crippen LogP) is 0.823. The zero-order valence-corrected chi connectivity index (χ0v) is 21.5. The summed E-state index contributed by atoms with van der Waals surface area (Å²) in [7, 11) is 0. The molecule has 0 radical (unpaired) electrons. The Morgan fingerprint density at radius 1 is 0.829 bits per heavy atom. The number of phenols is 1. The Balaban J connectivity index is 2.85. The van der Waals surface area contributed by atoms with E-state index in [1.807, 2.05) is 27.7 Å². The van der Waals surface area contributed by atoms with Crippen LogP contribution in [0.3, 0.4) is 0 Å². The van der Waals surface area contributed by atoms with Crippen molar-refractivity contribution in [1.29, 1.82) is 0 Å². The number of hydrogen-bond acceptors (Lipinski definition) is 7. The fourth-order valence-corrected chi connectivity index (χ4v) is 3.65. The number of hydrogen-bond donors (Lipinski definition) is 7. The number of thiol groups is 1. The standard InChI is InChI=1S/C24H38N4O6S/c1-13(2)9-18(26-21(30)17(25)11-15-5-7-16(29)8-6-15)22(31)28-20(12-35)23(32)27-19(24(33)34)10-14(3)4/h5-8,13-14,17-20,29,35H,9-12,25H2,1-4H3,(H,26,30)(H,27,32)(H,28,31)(H,33,34). The highest BCUT2D eigenvalue weighted by Gasteiger charge is 2.30. The molecule has 1 aromatic rings. The molecule has 0 aliphatic heterocycles. The van der Waals surface area contributed by atoms with Crippen molar-refractivity contribution in [3.8, 4) is 5.75 Å². The molecule has 0 aliphatic rings. The minimum absolute atomic E-state index is 0.0388. The molecule has 0 aromatic heterocycles. The van der Waals surface area contributed by atoms with Gasteiger partial charge in [0.05, 0.1) is 6.04 Å². The maximum Gasteiger partial charge on any atom is 0.326 e. The molecule has 3 amide bonds. The summed E-state index contributed by atoms with van der Waals surface area (Å²) in [6.45, 7) is 7.45. The second kappa shape index (κ2) is 14.6. The Labute approximate surface area is 211 Å². The topological polar surface area (TPSA) is 171 Å². The van der Waals surface area contributed by atoms with Gasteiger partial charge in [-0.1, -0.05) is 39.8 Å². The monoisotopic (exact) mass is 510 g/mol. The van der Waals surface area contributed by atoms with E-state index < -0.39 is 47.9 Å². The Morgan fingerprint density at radius 3 is 1.77 bits per heavy atom. The number of aromatic hydroxyl groups is 1. The molecule has 0 aliphatic carbocycles. The van der Waals surface area contributed by atoms with E-state index in [1.54, 1.807) is 12.1 Å². The molecule has 1 rings (SSSR count). The number of aliphatic carboxylic acids is 1. The smallest absolute Gasteiger partial charge is 0.326 e. The van der Waals surface area contributed by atoms with Crippen LogP contribution in [0.15, 0.2) is 24.3 Å². The Bertz CT molecular complexity index is 862. The zero-order valence-electron chi connectivity index (χ0n) is 20.7. The van der Waals surface area contributed by atoms with Crippen LogP contribution in [-0.2, 0) is 25.6 Å². The number of carbonyl (C=O) groups is 4. The number of benzene rings is 1. The van der Waals surface area contributed by atoms with Gasteiger partial charge >= 0.3 is 5.97 Å². The van der Waals surface area contributed by atoms with E-state index in [9.17, 15) is 29.4 Å². The fourth-order valence-electron chi connectivity index (χ4n) is 3.39. The molecular formula is C24H38N4O6S. The van der Waals surface area contributed by atoms with E-state index in [-0.39, 0.29) is 36.2 Å². The second-order valence-corrected chi connectivity index (χ2v) is 9.81. The Kier molecular flexibility index (Phi) is 12.6. The number of carboxylic acids is 1. The van der Waals surface area contributed by atoms with Crippen LogP contribution < -0.4 is 21.7 Å². The van der Waals surface area contributed by atoms with E-state index in [0.717, 1.165) is 5.56 Å². The van der Waals surface area contributed by atoms with E-state index in [0.29, 0.717) is 6.42 Å². The summed E-state index contributed by atoms with van der Waals surface area (Å²) in [6.07, 6.45) is 0.741. The molecule has 35 heavy (non-hydrogen) atoms. The summed E-state index contributed by atoms with van der Waals surface area (Å²) in [5, 5.41) is 26.4. The number of phenolic OH excluding ortho intramolecular Hbond substituents is 1. The van der Waals surface area contributed by atoms with Crippen molar-refractivity contribution < 1.29 is 29.4 Å². The Morgan fingerprint density at radius 2 is 1.29 bits per heavy atom. The number of amides is 3. The third-order valence-corrected chi connectivity index (χ3v) is 5.57. The van der Waals surface area contributed by atoms with Crippen LogP contribution in [0.1, 0.15) is 46.1 Å². The summed E-state index contributed by atoms with van der Waals surface area (Å²) in [5.41, 5.74) is 6.77. The zero-order chi connectivity index (χ0) is 26.7. The molecule has 0 spiro atoms. The van der Waals surface area contributed by atoms with Crippen LogP contribution in [-0.4, -0.2) is 63.8 Å². The summed E-state index contributed by atoms with van der Waals surface area (Å²) in [6, 6.07) is 2.23. The molecule has 0 saturated carbocycles. The second-order valence-electron chi connectivity index (χ2n) is 9.44. The van der Waals surface area contributed by atoms with Gasteiger partial charge in [-0.15, -0.1) is 0 Å². The van der Waals surface area contributed by atoms with E-state index in [2.05, 4.69) is 28.6 Å². The minimum atomic E-state index is -1.16. The van der Waals surface area contributed by atoms with Crippen LogP contribution >= 0.6 is 12.6 Å². The van der Waals surface area contributed by atoms with Crippen molar-refractivity contribution in [1.82, 2.24) is 16.0 Å². The van der Waals surface area contributed by atoms with Crippen LogP contribution in [0, 0.1) is 11.8 Å². The lowest BCUT2D eigenvalue weighted by Crippen LogP contribution is -2.58. The summed E-state index contributed by atoms with van der Waals surface area (Å²) < 4.78 is 0. The number of carbonyl (C=O) groups excluding carboxylic acids is 3. The van der Waals surface area contributed by atoms with Gasteiger partial charge in [0, 0.05) is 5.75 Å². The maximum atomic E-state index is 13.0. The molecular weight excluding hydrogens is 472 g/mol. The largest absolute Gasteiger partial charge is 0.508 e. The molecule has 0 saturated heterocycles.